The van der Waals surface area contributed by atoms with Crippen LogP contribution in [0.15, 0.2) is 0 Å². The van der Waals surface area contributed by atoms with E-state index in [4.69, 9.17) is 0 Å². The topological polar surface area (TPSA) is 57.6 Å². The minimum atomic E-state index is -1.05. The first-order valence-electron chi connectivity index (χ1n) is 5.88. The minimum Gasteiger partial charge on any atom is -0.479 e. The fourth-order valence-electron chi connectivity index (χ4n) is 2.58. The monoisotopic (exact) mass is 227 g/mol. The van der Waals surface area contributed by atoms with Gasteiger partial charge in [0.25, 0.3) is 0 Å². The number of rotatable bonds is 3. The zero-order valence-corrected chi connectivity index (χ0v) is 10.3. The van der Waals surface area contributed by atoms with Crippen molar-refractivity contribution in [3.63, 3.8) is 0 Å². The summed E-state index contributed by atoms with van der Waals surface area (Å²) in [5, 5.41) is 9.41. The van der Waals surface area contributed by atoms with Crippen molar-refractivity contribution in [2.75, 3.05) is 7.05 Å². The molecular weight excluding hydrogens is 206 g/mol. The summed E-state index contributed by atoms with van der Waals surface area (Å²) >= 11 is 0. The van der Waals surface area contributed by atoms with E-state index in [1.54, 1.807) is 14.0 Å². The second kappa shape index (κ2) is 4.85. The second-order valence-corrected chi connectivity index (χ2v) is 4.87. The van der Waals surface area contributed by atoms with E-state index in [2.05, 4.69) is 0 Å². The average Bonchev–Trinajstić information content (AvgIpc) is 2.27. The lowest BCUT2D eigenvalue weighted by molar-refractivity contribution is -0.160. The first kappa shape index (κ1) is 13.0. The summed E-state index contributed by atoms with van der Waals surface area (Å²) in [7, 11) is 1.59. The zero-order chi connectivity index (χ0) is 12.3. The third-order valence-electron chi connectivity index (χ3n) is 4.00. The molecule has 0 radical (unpaired) electrons. The Kier molecular flexibility index (Phi) is 3.94. The van der Waals surface area contributed by atoms with Crippen LogP contribution in [-0.4, -0.2) is 34.5 Å². The molecule has 0 aromatic rings. The molecule has 0 aliphatic heterocycles. The van der Waals surface area contributed by atoms with Crippen LogP contribution in [0, 0.1) is 5.92 Å². The summed E-state index contributed by atoms with van der Waals surface area (Å²) in [6.07, 6.45) is 5.12. The molecule has 0 saturated heterocycles. The van der Waals surface area contributed by atoms with Crippen LogP contribution in [-0.2, 0) is 9.59 Å². The van der Waals surface area contributed by atoms with Gasteiger partial charge in [0.05, 0.1) is 0 Å². The van der Waals surface area contributed by atoms with Gasteiger partial charge < -0.3 is 10.0 Å². The molecule has 0 bridgehead atoms. The predicted molar refractivity (Wildman–Crippen MR) is 61.1 cm³/mol. The molecule has 1 aliphatic carbocycles. The molecule has 0 aromatic heterocycles. The Morgan fingerprint density at radius 2 is 1.75 bits per heavy atom. The van der Waals surface area contributed by atoms with Crippen LogP contribution in [0.1, 0.15) is 46.0 Å². The second-order valence-electron chi connectivity index (χ2n) is 4.87. The molecule has 16 heavy (non-hydrogen) atoms. The molecule has 1 atom stereocenters. The van der Waals surface area contributed by atoms with Gasteiger partial charge in [0, 0.05) is 14.0 Å². The van der Waals surface area contributed by atoms with E-state index in [-0.39, 0.29) is 11.8 Å². The van der Waals surface area contributed by atoms with Gasteiger partial charge in [-0.25, -0.2) is 4.79 Å². The third kappa shape index (κ3) is 2.20. The van der Waals surface area contributed by atoms with E-state index in [1.807, 2.05) is 0 Å². The summed E-state index contributed by atoms with van der Waals surface area (Å²) < 4.78 is 0. The minimum absolute atomic E-state index is 0.0765. The number of aliphatic carboxylic acids is 1. The summed E-state index contributed by atoms with van der Waals surface area (Å²) in [6.45, 7) is 3.09. The molecule has 0 spiro atoms. The molecular formula is C12H21NO3. The van der Waals surface area contributed by atoms with E-state index in [0.717, 1.165) is 25.7 Å². The summed E-state index contributed by atoms with van der Waals surface area (Å²) in [6, 6.07) is 0. The van der Waals surface area contributed by atoms with E-state index in [9.17, 15) is 14.7 Å². The number of hydrogen-bond acceptors (Lipinski definition) is 2. The van der Waals surface area contributed by atoms with Crippen molar-refractivity contribution in [3.8, 4) is 0 Å². The van der Waals surface area contributed by atoms with Crippen molar-refractivity contribution in [2.45, 2.75) is 51.5 Å². The highest BCUT2D eigenvalue weighted by molar-refractivity contribution is 5.85. The number of carbonyl (C=O) groups excluding carboxylic acids is 1. The maximum Gasteiger partial charge on any atom is 0.329 e. The summed E-state index contributed by atoms with van der Waals surface area (Å²) in [4.78, 5) is 24.3. The number of hydrogen-bond donors (Lipinski definition) is 1. The lowest BCUT2D eigenvalue weighted by Gasteiger charge is -2.42. The zero-order valence-electron chi connectivity index (χ0n) is 10.3. The average molecular weight is 227 g/mol. The maximum absolute atomic E-state index is 11.5. The van der Waals surface area contributed by atoms with Gasteiger partial charge in [0.15, 0.2) is 0 Å². The van der Waals surface area contributed by atoms with Crippen molar-refractivity contribution in [1.82, 2.24) is 4.90 Å². The Morgan fingerprint density at radius 1 is 1.25 bits per heavy atom. The highest BCUT2D eigenvalue weighted by Gasteiger charge is 2.46. The molecule has 1 rings (SSSR count). The standard InChI is InChI=1S/C12H21NO3/c1-9(14)13(3)12(2,11(15)16)10-7-5-4-6-8-10/h10H,4-8H2,1-3H3,(H,15,16). The number of nitrogens with zero attached hydrogens (tertiary/aromatic N) is 1. The van der Waals surface area contributed by atoms with E-state index in [1.165, 1.54) is 18.2 Å². The number of carbonyl (C=O) groups is 2. The fourth-order valence-corrected chi connectivity index (χ4v) is 2.58. The van der Waals surface area contributed by atoms with E-state index in [0.29, 0.717) is 0 Å². The molecule has 1 N–H and O–H groups in total. The molecule has 1 unspecified atom stereocenters. The Hall–Kier alpha value is -1.06. The van der Waals surface area contributed by atoms with Crippen LogP contribution in [0.4, 0.5) is 0 Å². The fraction of sp³-hybridized carbons (Fsp3) is 0.833. The van der Waals surface area contributed by atoms with Crippen molar-refractivity contribution < 1.29 is 14.7 Å². The molecule has 0 aromatic carbocycles. The Morgan fingerprint density at radius 3 is 2.12 bits per heavy atom. The Labute approximate surface area is 96.6 Å². The van der Waals surface area contributed by atoms with Gasteiger partial charge in [-0.2, -0.15) is 0 Å². The van der Waals surface area contributed by atoms with Gasteiger partial charge in [0.1, 0.15) is 5.54 Å². The van der Waals surface area contributed by atoms with Crippen LogP contribution in [0.25, 0.3) is 0 Å². The van der Waals surface area contributed by atoms with Gasteiger partial charge in [-0.1, -0.05) is 19.3 Å². The lowest BCUT2D eigenvalue weighted by atomic mass is 9.74. The van der Waals surface area contributed by atoms with Gasteiger partial charge in [-0.15, -0.1) is 0 Å². The van der Waals surface area contributed by atoms with Gasteiger partial charge >= 0.3 is 5.97 Å². The molecule has 1 fully saturated rings. The Balaban J connectivity index is 2.94. The summed E-state index contributed by atoms with van der Waals surface area (Å²) in [5.74, 6) is -1.000. The van der Waals surface area contributed by atoms with Crippen LogP contribution < -0.4 is 0 Å². The molecule has 92 valence electrons. The quantitative estimate of drug-likeness (QED) is 0.801. The van der Waals surface area contributed by atoms with Crippen LogP contribution in [0.5, 0.6) is 0 Å². The largest absolute Gasteiger partial charge is 0.479 e. The van der Waals surface area contributed by atoms with Crippen LogP contribution in [0.2, 0.25) is 0 Å². The van der Waals surface area contributed by atoms with Crippen LogP contribution >= 0.6 is 0 Å². The maximum atomic E-state index is 11.5. The molecule has 1 amide bonds. The lowest BCUT2D eigenvalue weighted by Crippen LogP contribution is -2.57. The first-order chi connectivity index (χ1) is 7.40. The molecule has 1 aliphatic rings. The highest BCUT2D eigenvalue weighted by atomic mass is 16.4. The third-order valence-corrected chi connectivity index (χ3v) is 4.00. The highest BCUT2D eigenvalue weighted by Crippen LogP contribution is 2.36. The summed E-state index contributed by atoms with van der Waals surface area (Å²) in [5.41, 5.74) is -1.05. The number of likely N-dealkylation sites (N-methyl/N-ethyl adjacent to an activating group) is 1. The number of amides is 1. The molecule has 0 heterocycles. The molecule has 4 nitrogen and oxygen atoms in total. The predicted octanol–water partition coefficient (Wildman–Crippen LogP) is 1.89. The SMILES string of the molecule is CC(=O)N(C)C(C)(C(=O)O)C1CCCCC1. The Bertz CT molecular complexity index is 284. The van der Waals surface area contributed by atoms with Crippen molar-refractivity contribution >= 4 is 11.9 Å². The van der Waals surface area contributed by atoms with E-state index < -0.39 is 11.5 Å². The van der Waals surface area contributed by atoms with Gasteiger partial charge in [0.2, 0.25) is 5.91 Å². The smallest absolute Gasteiger partial charge is 0.329 e. The van der Waals surface area contributed by atoms with Gasteiger partial charge in [-0.3, -0.25) is 4.79 Å². The normalized spacial score (nSPS) is 21.2. The molecule has 4 heteroatoms. The first-order valence-corrected chi connectivity index (χ1v) is 5.88. The van der Waals surface area contributed by atoms with Crippen LogP contribution in [0.3, 0.4) is 0 Å². The number of carboxylic acid groups (broad SMARTS) is 1. The van der Waals surface area contributed by atoms with Crippen molar-refractivity contribution in [2.24, 2.45) is 5.92 Å². The molecule has 1 saturated carbocycles. The van der Waals surface area contributed by atoms with Crippen molar-refractivity contribution in [1.29, 1.82) is 0 Å². The van der Waals surface area contributed by atoms with Crippen molar-refractivity contribution in [3.05, 3.63) is 0 Å². The van der Waals surface area contributed by atoms with E-state index >= 15 is 0 Å². The van der Waals surface area contributed by atoms with Gasteiger partial charge in [-0.05, 0) is 25.7 Å². The number of carboxylic acids is 1.